The second-order valence-electron chi connectivity index (χ2n) is 3.15. The Bertz CT molecular complexity index is 494. The SMILES string of the molecule is O=C(c1cc(F)c(F)cc1Cl)C(F)(F)C(F)(F)F. The summed E-state index contributed by atoms with van der Waals surface area (Å²) in [6.07, 6.45) is -6.15. The molecule has 0 saturated carbocycles. The Hall–Kier alpha value is -1.31. The van der Waals surface area contributed by atoms with E-state index in [9.17, 15) is 35.5 Å². The van der Waals surface area contributed by atoms with Crippen molar-refractivity contribution < 1.29 is 35.5 Å². The van der Waals surface area contributed by atoms with Crippen LogP contribution in [0.2, 0.25) is 5.02 Å². The fraction of sp³-hybridized carbons (Fsp3) is 0.222. The first kappa shape index (κ1) is 14.7. The van der Waals surface area contributed by atoms with Crippen LogP contribution in [0.4, 0.5) is 30.7 Å². The maximum Gasteiger partial charge on any atom is 0.461 e. The van der Waals surface area contributed by atoms with Crippen LogP contribution in [0.3, 0.4) is 0 Å². The number of carbonyl (C=O) groups excluding carboxylic acids is 1. The van der Waals surface area contributed by atoms with Crippen LogP contribution >= 0.6 is 11.6 Å². The third-order valence-corrected chi connectivity index (χ3v) is 2.21. The predicted octanol–water partition coefficient (Wildman–Crippen LogP) is 4.00. The van der Waals surface area contributed by atoms with Crippen molar-refractivity contribution in [3.05, 3.63) is 34.4 Å². The van der Waals surface area contributed by atoms with Crippen molar-refractivity contribution in [3.8, 4) is 0 Å². The maximum absolute atomic E-state index is 12.7. The van der Waals surface area contributed by atoms with Gasteiger partial charge in [-0.1, -0.05) is 11.6 Å². The van der Waals surface area contributed by atoms with Gasteiger partial charge in [0, 0.05) is 5.56 Å². The highest BCUT2D eigenvalue weighted by Crippen LogP contribution is 2.39. The van der Waals surface area contributed by atoms with E-state index >= 15 is 0 Å². The zero-order valence-corrected chi connectivity index (χ0v) is 8.84. The van der Waals surface area contributed by atoms with Gasteiger partial charge in [-0.2, -0.15) is 22.0 Å². The first-order valence-electron chi connectivity index (χ1n) is 4.12. The fourth-order valence-electron chi connectivity index (χ4n) is 0.994. The van der Waals surface area contributed by atoms with E-state index in [1.807, 2.05) is 0 Å². The molecule has 0 aromatic heterocycles. The van der Waals surface area contributed by atoms with Gasteiger partial charge in [0.05, 0.1) is 5.02 Å². The number of ketones is 1. The second kappa shape index (κ2) is 4.42. The number of carbonyl (C=O) groups is 1. The highest BCUT2D eigenvalue weighted by Gasteiger charge is 2.63. The summed E-state index contributed by atoms with van der Waals surface area (Å²) >= 11 is 5.12. The Morgan fingerprint density at radius 2 is 1.44 bits per heavy atom. The summed E-state index contributed by atoms with van der Waals surface area (Å²) in [6, 6.07) is 0.0240. The van der Waals surface area contributed by atoms with Crippen LogP contribution in [0.5, 0.6) is 0 Å². The van der Waals surface area contributed by atoms with Crippen LogP contribution in [0, 0.1) is 11.6 Å². The van der Waals surface area contributed by atoms with E-state index in [-0.39, 0.29) is 12.1 Å². The Kier molecular flexibility index (Phi) is 3.62. The van der Waals surface area contributed by atoms with E-state index in [0.717, 1.165) is 0 Å². The molecule has 0 aliphatic rings. The van der Waals surface area contributed by atoms with E-state index in [4.69, 9.17) is 11.6 Å². The minimum absolute atomic E-state index is 0.111. The van der Waals surface area contributed by atoms with Crippen molar-refractivity contribution in [3.63, 3.8) is 0 Å². The number of hydrogen-bond donors (Lipinski definition) is 0. The van der Waals surface area contributed by atoms with Crippen LogP contribution in [0.1, 0.15) is 10.4 Å². The minimum atomic E-state index is -6.15. The molecule has 1 aromatic rings. The summed E-state index contributed by atoms with van der Waals surface area (Å²) in [7, 11) is 0. The van der Waals surface area contributed by atoms with E-state index in [0.29, 0.717) is 0 Å². The van der Waals surface area contributed by atoms with Crippen LogP contribution in [0.15, 0.2) is 12.1 Å². The van der Waals surface area contributed by atoms with Gasteiger partial charge in [0.1, 0.15) is 0 Å². The second-order valence-corrected chi connectivity index (χ2v) is 3.55. The molecule has 0 unspecified atom stereocenters. The summed E-state index contributed by atoms with van der Waals surface area (Å²) in [5.41, 5.74) is -1.45. The quantitative estimate of drug-likeness (QED) is 0.458. The van der Waals surface area contributed by atoms with E-state index in [2.05, 4.69) is 0 Å². The Labute approximate surface area is 100 Å². The molecule has 1 rings (SSSR count). The molecule has 1 nitrogen and oxygen atoms in total. The molecular weight excluding hydrogens is 293 g/mol. The normalized spacial score (nSPS) is 12.7. The number of benzene rings is 1. The van der Waals surface area contributed by atoms with E-state index in [1.165, 1.54) is 0 Å². The number of rotatable bonds is 2. The van der Waals surface area contributed by atoms with Gasteiger partial charge in [-0.05, 0) is 12.1 Å². The molecule has 0 spiro atoms. The van der Waals surface area contributed by atoms with Gasteiger partial charge in [-0.3, -0.25) is 4.79 Å². The molecule has 0 N–H and O–H groups in total. The van der Waals surface area contributed by atoms with Gasteiger partial charge < -0.3 is 0 Å². The van der Waals surface area contributed by atoms with E-state index in [1.54, 1.807) is 0 Å². The number of alkyl halides is 5. The third-order valence-electron chi connectivity index (χ3n) is 1.90. The van der Waals surface area contributed by atoms with Crippen molar-refractivity contribution in [2.75, 3.05) is 0 Å². The van der Waals surface area contributed by atoms with Gasteiger partial charge in [-0.15, -0.1) is 0 Å². The summed E-state index contributed by atoms with van der Waals surface area (Å²) in [6.45, 7) is 0. The molecule has 0 heterocycles. The Balaban J connectivity index is 3.32. The van der Waals surface area contributed by atoms with Crippen molar-refractivity contribution in [1.29, 1.82) is 0 Å². The molecular formula is C9H2ClF7O. The number of hydrogen-bond acceptors (Lipinski definition) is 1. The average molecular weight is 295 g/mol. The van der Waals surface area contributed by atoms with Gasteiger partial charge in [-0.25, -0.2) is 8.78 Å². The monoisotopic (exact) mass is 294 g/mol. The zero-order valence-electron chi connectivity index (χ0n) is 8.09. The molecule has 9 heteroatoms. The number of Topliss-reactive ketones (excluding diaryl/α,β-unsaturated/α-hetero) is 1. The van der Waals surface area contributed by atoms with Crippen LogP contribution in [-0.4, -0.2) is 17.9 Å². The van der Waals surface area contributed by atoms with E-state index < -0.39 is 40.1 Å². The first-order chi connectivity index (χ1) is 7.98. The molecule has 0 aliphatic carbocycles. The molecule has 0 bridgehead atoms. The summed E-state index contributed by atoms with van der Waals surface area (Å²) in [4.78, 5) is 11.0. The maximum atomic E-state index is 12.7. The first-order valence-corrected chi connectivity index (χ1v) is 4.50. The Morgan fingerprint density at radius 1 is 1.00 bits per heavy atom. The molecule has 0 atom stereocenters. The molecule has 0 fully saturated rings. The highest BCUT2D eigenvalue weighted by atomic mass is 35.5. The topological polar surface area (TPSA) is 17.1 Å². The predicted molar refractivity (Wildman–Crippen MR) is 46.7 cm³/mol. The third kappa shape index (κ3) is 2.43. The van der Waals surface area contributed by atoms with Gasteiger partial charge in [0.25, 0.3) is 0 Å². The lowest BCUT2D eigenvalue weighted by Crippen LogP contribution is -2.44. The van der Waals surface area contributed by atoms with Crippen molar-refractivity contribution >= 4 is 17.4 Å². The largest absolute Gasteiger partial charge is 0.461 e. The molecule has 0 radical (unpaired) electrons. The molecule has 100 valence electrons. The highest BCUT2D eigenvalue weighted by molar-refractivity contribution is 6.34. The molecule has 18 heavy (non-hydrogen) atoms. The van der Waals surface area contributed by atoms with Crippen LogP contribution < -0.4 is 0 Å². The number of halogens is 8. The summed E-state index contributed by atoms with van der Waals surface area (Å²) in [5, 5.41) is -1.04. The van der Waals surface area contributed by atoms with Crippen molar-refractivity contribution in [1.82, 2.24) is 0 Å². The van der Waals surface area contributed by atoms with Crippen LogP contribution in [-0.2, 0) is 0 Å². The lowest BCUT2D eigenvalue weighted by atomic mass is 10.0. The smallest absolute Gasteiger partial charge is 0.287 e. The molecule has 0 saturated heterocycles. The lowest BCUT2D eigenvalue weighted by Gasteiger charge is -2.18. The van der Waals surface area contributed by atoms with Gasteiger partial charge in [0.15, 0.2) is 11.6 Å². The molecule has 0 amide bonds. The minimum Gasteiger partial charge on any atom is -0.287 e. The lowest BCUT2D eigenvalue weighted by molar-refractivity contribution is -0.255. The average Bonchev–Trinajstić information content (AvgIpc) is 2.20. The molecule has 1 aromatic carbocycles. The van der Waals surface area contributed by atoms with Gasteiger partial charge >= 0.3 is 12.1 Å². The Morgan fingerprint density at radius 3 is 1.89 bits per heavy atom. The zero-order chi connectivity index (χ0) is 14.3. The van der Waals surface area contributed by atoms with Crippen LogP contribution in [0.25, 0.3) is 0 Å². The fourth-order valence-corrected chi connectivity index (χ4v) is 1.23. The standard InChI is InChI=1S/C9H2ClF7O/c10-4-2-6(12)5(11)1-3(4)7(18)8(13,14)9(15,16)17/h1-2H. The molecule has 0 aliphatic heterocycles. The van der Waals surface area contributed by atoms with Crippen molar-refractivity contribution in [2.45, 2.75) is 12.1 Å². The summed E-state index contributed by atoms with van der Waals surface area (Å²) < 4.78 is 86.3. The summed E-state index contributed by atoms with van der Waals surface area (Å²) in [5.74, 6) is -11.8. The van der Waals surface area contributed by atoms with Crippen molar-refractivity contribution in [2.24, 2.45) is 0 Å². The van der Waals surface area contributed by atoms with Gasteiger partial charge in [0.2, 0.25) is 5.78 Å².